The van der Waals surface area contributed by atoms with E-state index < -0.39 is 0 Å². The molecule has 0 fully saturated rings. The van der Waals surface area contributed by atoms with Crippen molar-refractivity contribution in [2.75, 3.05) is 5.32 Å². The van der Waals surface area contributed by atoms with Gasteiger partial charge in [0.2, 0.25) is 0 Å². The van der Waals surface area contributed by atoms with Crippen LogP contribution in [0, 0.1) is 6.92 Å². The van der Waals surface area contributed by atoms with Gasteiger partial charge in [-0.1, -0.05) is 50.6 Å². The minimum absolute atomic E-state index is 0.0605. The standard InChI is InChI=1S/C19H25NO/c1-13-6-11-18(21)17(12-13)14(2)20-16-9-7-15(8-10-16)19(3,4)5/h6-12,14,20-21H,1-5H3. The molecule has 0 saturated heterocycles. The summed E-state index contributed by atoms with van der Waals surface area (Å²) in [5.74, 6) is 0.340. The summed E-state index contributed by atoms with van der Waals surface area (Å²) in [6.07, 6.45) is 0. The molecule has 112 valence electrons. The smallest absolute Gasteiger partial charge is 0.120 e. The molecule has 0 aliphatic heterocycles. The molecule has 0 radical (unpaired) electrons. The van der Waals surface area contributed by atoms with Gasteiger partial charge in [-0.15, -0.1) is 0 Å². The third kappa shape index (κ3) is 3.78. The van der Waals surface area contributed by atoms with Gasteiger partial charge < -0.3 is 10.4 Å². The first kappa shape index (κ1) is 15.4. The summed E-state index contributed by atoms with van der Waals surface area (Å²) in [7, 11) is 0. The fourth-order valence-corrected chi connectivity index (χ4v) is 2.41. The average molecular weight is 283 g/mol. The molecule has 0 aliphatic carbocycles. The maximum Gasteiger partial charge on any atom is 0.120 e. The van der Waals surface area contributed by atoms with Crippen LogP contribution in [-0.4, -0.2) is 5.11 Å². The highest BCUT2D eigenvalue weighted by molar-refractivity contribution is 5.49. The van der Waals surface area contributed by atoms with E-state index in [2.05, 4.69) is 57.3 Å². The third-order valence-corrected chi connectivity index (χ3v) is 3.78. The van der Waals surface area contributed by atoms with Crippen LogP contribution in [0.3, 0.4) is 0 Å². The number of hydrogen-bond acceptors (Lipinski definition) is 2. The largest absolute Gasteiger partial charge is 0.508 e. The number of anilines is 1. The molecule has 0 spiro atoms. The van der Waals surface area contributed by atoms with E-state index in [4.69, 9.17) is 0 Å². The molecule has 21 heavy (non-hydrogen) atoms. The zero-order chi connectivity index (χ0) is 15.6. The topological polar surface area (TPSA) is 32.3 Å². The Labute approximate surface area is 127 Å². The Morgan fingerprint density at radius 2 is 1.62 bits per heavy atom. The van der Waals surface area contributed by atoms with Crippen molar-refractivity contribution < 1.29 is 5.11 Å². The van der Waals surface area contributed by atoms with E-state index in [0.717, 1.165) is 16.8 Å². The normalized spacial score (nSPS) is 13.0. The number of rotatable bonds is 3. The molecule has 2 nitrogen and oxygen atoms in total. The summed E-state index contributed by atoms with van der Waals surface area (Å²) >= 11 is 0. The van der Waals surface area contributed by atoms with E-state index in [0.29, 0.717) is 5.75 Å². The first-order valence-electron chi connectivity index (χ1n) is 7.44. The molecular weight excluding hydrogens is 258 g/mol. The van der Waals surface area contributed by atoms with Gasteiger partial charge >= 0.3 is 0 Å². The molecule has 0 amide bonds. The van der Waals surface area contributed by atoms with Gasteiger partial charge in [-0.25, -0.2) is 0 Å². The summed E-state index contributed by atoms with van der Waals surface area (Å²) in [6.45, 7) is 10.7. The number of benzene rings is 2. The van der Waals surface area contributed by atoms with E-state index in [-0.39, 0.29) is 11.5 Å². The van der Waals surface area contributed by atoms with Gasteiger partial charge in [0.05, 0.1) is 6.04 Å². The van der Waals surface area contributed by atoms with Crippen molar-refractivity contribution in [3.8, 4) is 5.75 Å². The van der Waals surface area contributed by atoms with Gasteiger partial charge in [0.25, 0.3) is 0 Å². The number of nitrogens with one attached hydrogen (secondary N) is 1. The number of aromatic hydroxyl groups is 1. The van der Waals surface area contributed by atoms with Crippen LogP contribution >= 0.6 is 0 Å². The molecule has 0 saturated carbocycles. The minimum atomic E-state index is 0.0605. The molecule has 1 unspecified atom stereocenters. The van der Waals surface area contributed by atoms with Crippen molar-refractivity contribution in [1.29, 1.82) is 0 Å². The first-order valence-corrected chi connectivity index (χ1v) is 7.44. The van der Waals surface area contributed by atoms with Crippen LogP contribution in [0.15, 0.2) is 42.5 Å². The Morgan fingerprint density at radius 3 is 2.19 bits per heavy atom. The second-order valence-corrected chi connectivity index (χ2v) is 6.76. The van der Waals surface area contributed by atoms with Gasteiger partial charge in [-0.3, -0.25) is 0 Å². The van der Waals surface area contributed by atoms with Gasteiger partial charge in [-0.05, 0) is 43.0 Å². The van der Waals surface area contributed by atoms with Gasteiger partial charge in [-0.2, -0.15) is 0 Å². The SMILES string of the molecule is Cc1ccc(O)c(C(C)Nc2ccc(C(C)(C)C)cc2)c1. The monoisotopic (exact) mass is 283 g/mol. The Hall–Kier alpha value is -1.96. The van der Waals surface area contributed by atoms with Crippen LogP contribution in [0.2, 0.25) is 0 Å². The zero-order valence-corrected chi connectivity index (χ0v) is 13.6. The van der Waals surface area contributed by atoms with E-state index >= 15 is 0 Å². The molecule has 1 atom stereocenters. The lowest BCUT2D eigenvalue weighted by atomic mass is 9.87. The van der Waals surface area contributed by atoms with Crippen LogP contribution < -0.4 is 5.32 Å². The van der Waals surface area contributed by atoms with Crippen LogP contribution in [-0.2, 0) is 5.41 Å². The summed E-state index contributed by atoms with van der Waals surface area (Å²) in [5, 5.41) is 13.4. The third-order valence-electron chi connectivity index (χ3n) is 3.78. The van der Waals surface area contributed by atoms with Crippen molar-refractivity contribution in [2.24, 2.45) is 0 Å². The lowest BCUT2D eigenvalue weighted by Crippen LogP contribution is -2.11. The Morgan fingerprint density at radius 1 is 1.00 bits per heavy atom. The average Bonchev–Trinajstić information content (AvgIpc) is 2.41. The lowest BCUT2D eigenvalue weighted by Gasteiger charge is -2.21. The predicted molar refractivity (Wildman–Crippen MR) is 90.0 cm³/mol. The summed E-state index contributed by atoms with van der Waals surface area (Å²) in [6, 6.07) is 14.3. The van der Waals surface area contributed by atoms with Crippen LogP contribution in [0.4, 0.5) is 5.69 Å². The van der Waals surface area contributed by atoms with Crippen molar-refractivity contribution in [1.82, 2.24) is 0 Å². The van der Waals surface area contributed by atoms with Crippen molar-refractivity contribution >= 4 is 5.69 Å². The molecule has 0 heterocycles. The number of phenols is 1. The molecule has 2 aromatic carbocycles. The van der Waals surface area contributed by atoms with Gasteiger partial charge in [0.15, 0.2) is 0 Å². The van der Waals surface area contributed by atoms with Crippen molar-refractivity contribution in [3.63, 3.8) is 0 Å². The second kappa shape index (κ2) is 5.80. The lowest BCUT2D eigenvalue weighted by molar-refractivity contribution is 0.465. The molecule has 2 N–H and O–H groups in total. The number of hydrogen-bond donors (Lipinski definition) is 2. The fraction of sp³-hybridized carbons (Fsp3) is 0.368. The summed E-state index contributed by atoms with van der Waals surface area (Å²) in [5.41, 5.74) is 4.63. The highest BCUT2D eigenvalue weighted by atomic mass is 16.3. The Bertz CT molecular complexity index is 608. The van der Waals surface area contributed by atoms with Crippen LogP contribution in [0.25, 0.3) is 0 Å². The Balaban J connectivity index is 2.16. The molecule has 2 rings (SSSR count). The van der Waals surface area contributed by atoms with Crippen LogP contribution in [0.1, 0.15) is 50.4 Å². The highest BCUT2D eigenvalue weighted by Gasteiger charge is 2.14. The zero-order valence-electron chi connectivity index (χ0n) is 13.6. The van der Waals surface area contributed by atoms with Crippen molar-refractivity contribution in [2.45, 2.75) is 46.1 Å². The summed E-state index contributed by atoms with van der Waals surface area (Å²) in [4.78, 5) is 0. The highest BCUT2D eigenvalue weighted by Crippen LogP contribution is 2.29. The molecule has 0 aromatic heterocycles. The maximum atomic E-state index is 9.99. The van der Waals surface area contributed by atoms with Gasteiger partial charge in [0.1, 0.15) is 5.75 Å². The number of phenolic OH excluding ortho intramolecular Hbond substituents is 1. The molecular formula is C19H25NO. The van der Waals surface area contributed by atoms with E-state index in [1.54, 1.807) is 6.07 Å². The number of aryl methyl sites for hydroxylation is 1. The van der Waals surface area contributed by atoms with Crippen molar-refractivity contribution in [3.05, 3.63) is 59.2 Å². The van der Waals surface area contributed by atoms with E-state index in [1.165, 1.54) is 5.56 Å². The molecule has 2 heteroatoms. The summed E-state index contributed by atoms with van der Waals surface area (Å²) < 4.78 is 0. The molecule has 0 bridgehead atoms. The molecule has 2 aromatic rings. The first-order chi connectivity index (χ1) is 9.77. The van der Waals surface area contributed by atoms with Crippen LogP contribution in [0.5, 0.6) is 5.75 Å². The quantitative estimate of drug-likeness (QED) is 0.814. The van der Waals surface area contributed by atoms with E-state index in [1.807, 2.05) is 19.1 Å². The van der Waals surface area contributed by atoms with E-state index in [9.17, 15) is 5.11 Å². The second-order valence-electron chi connectivity index (χ2n) is 6.76. The Kier molecular flexibility index (Phi) is 4.26. The molecule has 0 aliphatic rings. The predicted octanol–water partition coefficient (Wildman–Crippen LogP) is 5.17. The fourth-order valence-electron chi connectivity index (χ4n) is 2.41. The van der Waals surface area contributed by atoms with Gasteiger partial charge in [0, 0.05) is 11.3 Å². The minimum Gasteiger partial charge on any atom is -0.508 e. The maximum absolute atomic E-state index is 9.99.